The van der Waals surface area contributed by atoms with E-state index in [9.17, 15) is 9.59 Å². The molecule has 2 heterocycles. The third-order valence-electron chi connectivity index (χ3n) is 6.72. The van der Waals surface area contributed by atoms with E-state index in [4.69, 9.17) is 4.74 Å². The van der Waals surface area contributed by atoms with Crippen LogP contribution in [0.15, 0.2) is 42.7 Å². The standard InChI is InChI=1S/C23H24N2O3/c1-14-3-4-19-17(11-14)18(26)12-23(28-19)8-5-16-20(21(16)23)22(27)25(2)13-15-6-9-24-10-7-15/h3-4,6-7,9-11,16,20-21H,5,8,12-13H2,1-2H3/t16-,20+,21+,23+/m1/s1. The zero-order valence-electron chi connectivity index (χ0n) is 16.2. The van der Waals surface area contributed by atoms with Crippen molar-refractivity contribution in [1.82, 2.24) is 9.88 Å². The average Bonchev–Trinajstić information content (AvgIpc) is 3.33. The van der Waals surface area contributed by atoms with E-state index >= 15 is 0 Å². The van der Waals surface area contributed by atoms with Gasteiger partial charge in [0, 0.05) is 37.8 Å². The van der Waals surface area contributed by atoms with Crippen molar-refractivity contribution < 1.29 is 14.3 Å². The van der Waals surface area contributed by atoms with Gasteiger partial charge in [-0.15, -0.1) is 0 Å². The van der Waals surface area contributed by atoms with E-state index in [-0.39, 0.29) is 23.5 Å². The largest absolute Gasteiger partial charge is 0.486 e. The summed E-state index contributed by atoms with van der Waals surface area (Å²) in [5.74, 6) is 1.46. The van der Waals surface area contributed by atoms with Crippen molar-refractivity contribution in [2.75, 3.05) is 7.05 Å². The Labute approximate surface area is 164 Å². The van der Waals surface area contributed by atoms with Gasteiger partial charge in [0.2, 0.25) is 5.91 Å². The predicted molar refractivity (Wildman–Crippen MR) is 104 cm³/mol. The molecule has 1 amide bonds. The highest BCUT2D eigenvalue weighted by molar-refractivity contribution is 6.01. The van der Waals surface area contributed by atoms with E-state index in [0.717, 1.165) is 24.0 Å². The number of aryl methyl sites for hydroxylation is 1. The van der Waals surface area contributed by atoms with Gasteiger partial charge >= 0.3 is 0 Å². The maximum Gasteiger partial charge on any atom is 0.226 e. The van der Waals surface area contributed by atoms with E-state index in [1.807, 2.05) is 44.3 Å². The minimum atomic E-state index is -0.498. The maximum atomic E-state index is 13.1. The second kappa shape index (κ2) is 6.16. The molecule has 0 saturated heterocycles. The number of Topliss-reactive ketones (excluding diaryl/α,β-unsaturated/α-hetero) is 1. The molecule has 3 aliphatic rings. The van der Waals surface area contributed by atoms with Crippen LogP contribution in [0.3, 0.4) is 0 Å². The number of hydrogen-bond acceptors (Lipinski definition) is 4. The van der Waals surface area contributed by atoms with Crippen LogP contribution in [0, 0.1) is 24.7 Å². The number of hydrogen-bond donors (Lipinski definition) is 0. The van der Waals surface area contributed by atoms with Crippen molar-refractivity contribution in [2.24, 2.45) is 17.8 Å². The van der Waals surface area contributed by atoms with Crippen LogP contribution in [0.1, 0.15) is 40.7 Å². The lowest BCUT2D eigenvalue weighted by Crippen LogP contribution is -2.44. The molecular weight excluding hydrogens is 352 g/mol. The maximum absolute atomic E-state index is 13.1. The van der Waals surface area contributed by atoms with Gasteiger partial charge in [-0.2, -0.15) is 0 Å². The Bertz CT molecular complexity index is 958. The van der Waals surface area contributed by atoms with Crippen molar-refractivity contribution in [3.63, 3.8) is 0 Å². The molecule has 28 heavy (non-hydrogen) atoms. The molecule has 5 rings (SSSR count). The minimum absolute atomic E-state index is 0.0274. The van der Waals surface area contributed by atoms with E-state index in [1.54, 1.807) is 17.3 Å². The molecule has 1 spiro atoms. The third-order valence-corrected chi connectivity index (χ3v) is 6.72. The third kappa shape index (κ3) is 2.64. The Morgan fingerprint density at radius 2 is 2.07 bits per heavy atom. The summed E-state index contributed by atoms with van der Waals surface area (Å²) in [7, 11) is 1.86. The van der Waals surface area contributed by atoms with Gasteiger partial charge in [0.1, 0.15) is 11.4 Å². The van der Waals surface area contributed by atoms with Crippen molar-refractivity contribution in [1.29, 1.82) is 0 Å². The van der Waals surface area contributed by atoms with E-state index in [0.29, 0.717) is 30.2 Å². The van der Waals surface area contributed by atoms with Crippen LogP contribution in [0.4, 0.5) is 0 Å². The van der Waals surface area contributed by atoms with Gasteiger partial charge in [0.05, 0.1) is 12.0 Å². The van der Waals surface area contributed by atoms with Gasteiger partial charge < -0.3 is 9.64 Å². The number of carbonyl (C=O) groups is 2. The summed E-state index contributed by atoms with van der Waals surface area (Å²) < 4.78 is 6.44. The lowest BCUT2D eigenvalue weighted by Gasteiger charge is -2.37. The van der Waals surface area contributed by atoms with Crippen LogP contribution in [0.5, 0.6) is 5.75 Å². The van der Waals surface area contributed by atoms with Gasteiger partial charge in [-0.3, -0.25) is 14.6 Å². The molecule has 1 aromatic heterocycles. The number of nitrogens with zero attached hydrogens (tertiary/aromatic N) is 2. The molecule has 5 nitrogen and oxygen atoms in total. The first-order chi connectivity index (χ1) is 13.5. The highest BCUT2D eigenvalue weighted by Gasteiger charge is 2.70. The Morgan fingerprint density at radius 1 is 1.29 bits per heavy atom. The van der Waals surface area contributed by atoms with Crippen molar-refractivity contribution in [2.45, 2.75) is 38.3 Å². The lowest BCUT2D eigenvalue weighted by molar-refractivity contribution is -0.133. The molecule has 1 aliphatic heterocycles. The van der Waals surface area contributed by atoms with Gasteiger partial charge in [-0.1, -0.05) is 11.6 Å². The van der Waals surface area contributed by atoms with E-state index in [2.05, 4.69) is 4.98 Å². The summed E-state index contributed by atoms with van der Waals surface area (Å²) in [6.45, 7) is 2.56. The van der Waals surface area contributed by atoms with Crippen LogP contribution in [0.2, 0.25) is 0 Å². The minimum Gasteiger partial charge on any atom is -0.486 e. The molecule has 4 atom stereocenters. The van der Waals surface area contributed by atoms with Crippen LogP contribution >= 0.6 is 0 Å². The van der Waals surface area contributed by atoms with Crippen LogP contribution in [0.25, 0.3) is 0 Å². The second-order valence-corrected chi connectivity index (χ2v) is 8.57. The molecule has 2 saturated carbocycles. The molecular formula is C23H24N2O3. The summed E-state index contributed by atoms with van der Waals surface area (Å²) in [5, 5.41) is 0. The van der Waals surface area contributed by atoms with Gasteiger partial charge in [0.15, 0.2) is 5.78 Å². The SMILES string of the molecule is Cc1ccc2c(c1)C(=O)C[C@]1(CC[C@@H]3[C@H](C(=O)N(C)Cc4ccncc4)[C@H]31)O2. The van der Waals surface area contributed by atoms with Crippen LogP contribution < -0.4 is 4.74 Å². The number of pyridine rings is 1. The molecule has 0 bridgehead atoms. The molecule has 0 unspecified atom stereocenters. The fraction of sp³-hybridized carbons (Fsp3) is 0.435. The predicted octanol–water partition coefficient (Wildman–Crippen LogP) is 3.41. The van der Waals surface area contributed by atoms with Crippen molar-refractivity contribution in [3.05, 3.63) is 59.4 Å². The Balaban J connectivity index is 1.34. The number of rotatable bonds is 3. The summed E-state index contributed by atoms with van der Waals surface area (Å²) in [5.41, 5.74) is 2.32. The molecule has 0 radical (unpaired) electrons. The highest BCUT2D eigenvalue weighted by Crippen LogP contribution is 2.66. The smallest absolute Gasteiger partial charge is 0.226 e. The number of aromatic nitrogens is 1. The monoisotopic (exact) mass is 376 g/mol. The molecule has 2 fully saturated rings. The zero-order valence-corrected chi connectivity index (χ0v) is 16.2. The fourth-order valence-corrected chi connectivity index (χ4v) is 5.36. The summed E-state index contributed by atoms with van der Waals surface area (Å²) in [6.07, 6.45) is 5.70. The quantitative estimate of drug-likeness (QED) is 0.824. The van der Waals surface area contributed by atoms with Gasteiger partial charge in [-0.05, 0) is 55.5 Å². The Hall–Kier alpha value is -2.69. The second-order valence-electron chi connectivity index (χ2n) is 8.57. The number of carbonyl (C=O) groups excluding carboxylic acids is 2. The molecule has 0 N–H and O–H groups in total. The van der Waals surface area contributed by atoms with E-state index < -0.39 is 5.60 Å². The highest BCUT2D eigenvalue weighted by atomic mass is 16.5. The van der Waals surface area contributed by atoms with Crippen LogP contribution in [-0.2, 0) is 11.3 Å². The molecule has 144 valence electrons. The lowest BCUT2D eigenvalue weighted by atomic mass is 9.84. The Kier molecular flexibility index (Phi) is 3.83. The Morgan fingerprint density at radius 3 is 2.86 bits per heavy atom. The summed E-state index contributed by atoms with van der Waals surface area (Å²) in [6, 6.07) is 9.66. The molecule has 2 aliphatic carbocycles. The van der Waals surface area contributed by atoms with Crippen molar-refractivity contribution >= 4 is 11.7 Å². The molecule has 5 heteroatoms. The summed E-state index contributed by atoms with van der Waals surface area (Å²) in [4.78, 5) is 31.8. The fourth-order valence-electron chi connectivity index (χ4n) is 5.36. The molecule has 1 aromatic carbocycles. The number of benzene rings is 1. The number of amides is 1. The van der Waals surface area contributed by atoms with Crippen molar-refractivity contribution in [3.8, 4) is 5.75 Å². The van der Waals surface area contributed by atoms with Gasteiger partial charge in [-0.25, -0.2) is 0 Å². The number of ether oxygens (including phenoxy) is 1. The summed E-state index contributed by atoms with van der Waals surface area (Å²) >= 11 is 0. The molecule has 2 aromatic rings. The first-order valence-corrected chi connectivity index (χ1v) is 9.95. The normalized spacial score (nSPS) is 29.8. The topological polar surface area (TPSA) is 59.5 Å². The average molecular weight is 376 g/mol. The van der Waals surface area contributed by atoms with Gasteiger partial charge in [0.25, 0.3) is 0 Å². The number of ketones is 1. The van der Waals surface area contributed by atoms with Crippen LogP contribution in [-0.4, -0.2) is 34.2 Å². The first-order valence-electron chi connectivity index (χ1n) is 9.95. The van der Waals surface area contributed by atoms with E-state index in [1.165, 1.54) is 0 Å². The number of fused-ring (bicyclic) bond motifs is 3. The zero-order chi connectivity index (χ0) is 19.5. The first kappa shape index (κ1) is 17.4.